The molecule has 8 heteroatoms. The van der Waals surface area contributed by atoms with Crippen LogP contribution in [0.3, 0.4) is 0 Å². The normalized spacial score (nSPS) is 19.6. The average Bonchev–Trinajstić information content (AvgIpc) is 2.96. The summed E-state index contributed by atoms with van der Waals surface area (Å²) in [7, 11) is -3.52. The molecule has 1 aromatic rings. The van der Waals surface area contributed by atoms with Crippen LogP contribution in [0.5, 0.6) is 0 Å². The monoisotopic (exact) mass is 287 g/mol. The molecule has 0 spiro atoms. The lowest BCUT2D eigenvalue weighted by Gasteiger charge is -2.19. The Morgan fingerprint density at radius 3 is 2.63 bits per heavy atom. The molecular formula is C11H13NO6S. The van der Waals surface area contributed by atoms with Crippen LogP contribution in [-0.4, -0.2) is 49.1 Å². The minimum atomic E-state index is -3.52. The van der Waals surface area contributed by atoms with Gasteiger partial charge in [-0.1, -0.05) is 0 Å². The van der Waals surface area contributed by atoms with Gasteiger partial charge in [-0.05, 0) is 25.0 Å². The molecule has 1 aromatic heterocycles. The van der Waals surface area contributed by atoms with Gasteiger partial charge >= 0.3 is 5.97 Å². The number of carboxylic acid groups (broad SMARTS) is 1. The first kappa shape index (κ1) is 13.6. The third kappa shape index (κ3) is 2.62. The van der Waals surface area contributed by atoms with Crippen LogP contribution in [-0.2, 0) is 14.6 Å². The Bertz CT molecular complexity index is 617. The maximum atomic E-state index is 12.1. The molecule has 1 fully saturated rings. The van der Waals surface area contributed by atoms with Gasteiger partial charge in [0.1, 0.15) is 6.04 Å². The third-order valence-corrected chi connectivity index (χ3v) is 3.91. The van der Waals surface area contributed by atoms with E-state index < -0.39 is 27.8 Å². The SMILES string of the molecule is CS(=O)(=O)c1ccc(C(=O)N2CCC[C@@H]2C(=O)O)o1. The number of amides is 1. The second-order valence-electron chi connectivity index (χ2n) is 4.39. The van der Waals surface area contributed by atoms with Gasteiger partial charge in [-0.2, -0.15) is 0 Å². The Morgan fingerprint density at radius 1 is 1.42 bits per heavy atom. The number of aliphatic carboxylic acids is 1. The van der Waals surface area contributed by atoms with Crippen molar-refractivity contribution < 1.29 is 27.5 Å². The van der Waals surface area contributed by atoms with Gasteiger partial charge in [-0.25, -0.2) is 13.2 Å². The van der Waals surface area contributed by atoms with Crippen LogP contribution in [0.2, 0.25) is 0 Å². The maximum absolute atomic E-state index is 12.1. The van der Waals surface area contributed by atoms with Gasteiger partial charge in [0.15, 0.2) is 5.76 Å². The number of carbonyl (C=O) groups excluding carboxylic acids is 1. The van der Waals surface area contributed by atoms with Crippen LogP contribution < -0.4 is 0 Å². The molecule has 0 aliphatic carbocycles. The summed E-state index contributed by atoms with van der Waals surface area (Å²) in [5.74, 6) is -1.82. The van der Waals surface area contributed by atoms with Crippen molar-refractivity contribution in [3.05, 3.63) is 17.9 Å². The third-order valence-electron chi connectivity index (χ3n) is 2.96. The summed E-state index contributed by atoms with van der Waals surface area (Å²) >= 11 is 0. The Hall–Kier alpha value is -1.83. The summed E-state index contributed by atoms with van der Waals surface area (Å²) in [6, 6.07) is 1.56. The highest BCUT2D eigenvalue weighted by atomic mass is 32.2. The van der Waals surface area contributed by atoms with Crippen molar-refractivity contribution in [3.63, 3.8) is 0 Å². The molecule has 1 atom stereocenters. The van der Waals surface area contributed by atoms with Crippen LogP contribution in [0, 0.1) is 0 Å². The fraction of sp³-hybridized carbons (Fsp3) is 0.455. The second kappa shape index (κ2) is 4.69. The first-order valence-electron chi connectivity index (χ1n) is 5.64. The fourth-order valence-electron chi connectivity index (χ4n) is 2.04. The number of nitrogens with zero attached hydrogens (tertiary/aromatic N) is 1. The largest absolute Gasteiger partial charge is 0.480 e. The molecule has 0 saturated carbocycles. The number of hydrogen-bond acceptors (Lipinski definition) is 5. The number of sulfone groups is 1. The predicted molar refractivity (Wildman–Crippen MR) is 63.5 cm³/mol. The molecule has 0 aromatic carbocycles. The van der Waals surface area contributed by atoms with Gasteiger partial charge < -0.3 is 14.4 Å². The number of likely N-dealkylation sites (tertiary alicyclic amines) is 1. The molecule has 2 rings (SSSR count). The molecule has 1 N–H and O–H groups in total. The highest BCUT2D eigenvalue weighted by molar-refractivity contribution is 7.90. The summed E-state index contributed by atoms with van der Waals surface area (Å²) in [5, 5.41) is 8.69. The molecule has 19 heavy (non-hydrogen) atoms. The van der Waals surface area contributed by atoms with Crippen molar-refractivity contribution in [2.24, 2.45) is 0 Å². The molecule has 104 valence electrons. The van der Waals surface area contributed by atoms with E-state index in [2.05, 4.69) is 0 Å². The van der Waals surface area contributed by atoms with E-state index in [0.717, 1.165) is 6.26 Å². The van der Waals surface area contributed by atoms with E-state index in [1.54, 1.807) is 0 Å². The predicted octanol–water partition coefficient (Wildman–Crippen LogP) is 0.372. The molecule has 1 aliphatic heterocycles. The van der Waals surface area contributed by atoms with Gasteiger partial charge in [-0.3, -0.25) is 4.79 Å². The van der Waals surface area contributed by atoms with Crippen LogP contribution in [0.4, 0.5) is 0 Å². The minimum Gasteiger partial charge on any atom is -0.480 e. The van der Waals surface area contributed by atoms with E-state index in [4.69, 9.17) is 9.52 Å². The van der Waals surface area contributed by atoms with E-state index in [9.17, 15) is 18.0 Å². The number of carbonyl (C=O) groups is 2. The molecule has 1 amide bonds. The minimum absolute atomic E-state index is 0.159. The smallest absolute Gasteiger partial charge is 0.326 e. The topological polar surface area (TPSA) is 105 Å². The number of carboxylic acids is 1. The zero-order chi connectivity index (χ0) is 14.2. The first-order valence-corrected chi connectivity index (χ1v) is 7.53. The summed E-state index contributed by atoms with van der Waals surface area (Å²) < 4.78 is 27.5. The highest BCUT2D eigenvalue weighted by Gasteiger charge is 2.35. The quantitative estimate of drug-likeness (QED) is 0.861. The van der Waals surface area contributed by atoms with E-state index >= 15 is 0 Å². The zero-order valence-corrected chi connectivity index (χ0v) is 11.0. The lowest BCUT2D eigenvalue weighted by molar-refractivity contribution is -0.141. The van der Waals surface area contributed by atoms with Crippen molar-refractivity contribution in [2.75, 3.05) is 12.8 Å². The van der Waals surface area contributed by atoms with Gasteiger partial charge in [0, 0.05) is 12.8 Å². The molecule has 1 aliphatic rings. The van der Waals surface area contributed by atoms with Gasteiger partial charge in [0.2, 0.25) is 14.9 Å². The summed E-state index contributed by atoms with van der Waals surface area (Å²) in [6.07, 6.45) is 1.96. The number of rotatable bonds is 3. The van der Waals surface area contributed by atoms with Crippen LogP contribution in [0.25, 0.3) is 0 Å². The Morgan fingerprint density at radius 2 is 2.11 bits per heavy atom. The van der Waals surface area contributed by atoms with Crippen molar-refractivity contribution in [3.8, 4) is 0 Å². The van der Waals surface area contributed by atoms with E-state index in [1.165, 1.54) is 17.0 Å². The molecule has 2 heterocycles. The number of furan rings is 1. The molecule has 0 radical (unpaired) electrons. The van der Waals surface area contributed by atoms with E-state index in [1.807, 2.05) is 0 Å². The van der Waals surface area contributed by atoms with Crippen molar-refractivity contribution in [1.29, 1.82) is 0 Å². The fourth-order valence-corrected chi connectivity index (χ4v) is 2.60. The number of hydrogen-bond donors (Lipinski definition) is 1. The van der Waals surface area contributed by atoms with Crippen LogP contribution in [0.1, 0.15) is 23.4 Å². The van der Waals surface area contributed by atoms with Crippen molar-refractivity contribution in [2.45, 2.75) is 24.0 Å². The lowest BCUT2D eigenvalue weighted by atomic mass is 10.2. The lowest BCUT2D eigenvalue weighted by Crippen LogP contribution is -2.40. The van der Waals surface area contributed by atoms with Gasteiger partial charge in [0.05, 0.1) is 0 Å². The van der Waals surface area contributed by atoms with E-state index in [-0.39, 0.29) is 10.9 Å². The van der Waals surface area contributed by atoms with E-state index in [0.29, 0.717) is 19.4 Å². The van der Waals surface area contributed by atoms with Gasteiger partial charge in [-0.15, -0.1) is 0 Å². The standard InChI is InChI=1S/C11H13NO6S/c1-19(16,17)9-5-4-8(18-9)10(13)12-6-2-3-7(12)11(14)15/h4-5,7H,2-3,6H2,1H3,(H,14,15)/t7-/m1/s1. The van der Waals surface area contributed by atoms with Crippen molar-refractivity contribution >= 4 is 21.7 Å². The summed E-state index contributed by atoms with van der Waals surface area (Å²) in [4.78, 5) is 24.3. The molecular weight excluding hydrogens is 274 g/mol. The van der Waals surface area contributed by atoms with Crippen LogP contribution >= 0.6 is 0 Å². The molecule has 7 nitrogen and oxygen atoms in total. The van der Waals surface area contributed by atoms with Crippen molar-refractivity contribution in [1.82, 2.24) is 4.90 Å². The van der Waals surface area contributed by atoms with Crippen LogP contribution in [0.15, 0.2) is 21.6 Å². The zero-order valence-electron chi connectivity index (χ0n) is 10.2. The summed E-state index contributed by atoms with van der Waals surface area (Å²) in [5.41, 5.74) is 0. The maximum Gasteiger partial charge on any atom is 0.326 e. The molecule has 0 bridgehead atoms. The Labute approximate surface area is 109 Å². The first-order chi connectivity index (χ1) is 8.80. The Kier molecular flexibility index (Phi) is 3.36. The highest BCUT2D eigenvalue weighted by Crippen LogP contribution is 2.22. The summed E-state index contributed by atoms with van der Waals surface area (Å²) in [6.45, 7) is 0.324. The second-order valence-corrected chi connectivity index (χ2v) is 6.33. The average molecular weight is 287 g/mol. The van der Waals surface area contributed by atoms with Gasteiger partial charge in [0.25, 0.3) is 5.91 Å². The molecule has 0 unspecified atom stereocenters. The molecule has 1 saturated heterocycles. The Balaban J connectivity index is 2.25.